The molecule has 31 heavy (non-hydrogen) atoms. The number of anilines is 1. The second-order valence-electron chi connectivity index (χ2n) is 8.27. The molecule has 2 amide bonds. The van der Waals surface area contributed by atoms with Crippen molar-refractivity contribution in [2.24, 2.45) is 5.41 Å². The van der Waals surface area contributed by atoms with Gasteiger partial charge in [-0.05, 0) is 48.4 Å². The summed E-state index contributed by atoms with van der Waals surface area (Å²) >= 11 is 1.28. The molecule has 0 fully saturated rings. The lowest BCUT2D eigenvalue weighted by Gasteiger charge is -2.16. The minimum atomic E-state index is -0.496. The number of hydrogen-bond donors (Lipinski definition) is 2. The zero-order valence-corrected chi connectivity index (χ0v) is 19.0. The van der Waals surface area contributed by atoms with Crippen LogP contribution in [0, 0.1) is 12.3 Å². The number of hydrogen-bond acceptors (Lipinski definition) is 5. The van der Waals surface area contributed by atoms with Crippen molar-refractivity contribution in [2.45, 2.75) is 40.8 Å². The minimum absolute atomic E-state index is 0.0803. The summed E-state index contributed by atoms with van der Waals surface area (Å²) in [5, 5.41) is 6.50. The maximum atomic E-state index is 12.7. The first kappa shape index (κ1) is 22.5. The predicted octanol–water partition coefficient (Wildman–Crippen LogP) is 4.95. The average Bonchev–Trinajstić information content (AvgIpc) is 3.11. The van der Waals surface area contributed by atoms with Gasteiger partial charge in [0, 0.05) is 18.2 Å². The van der Waals surface area contributed by atoms with Gasteiger partial charge in [-0.3, -0.25) is 14.6 Å². The number of nitrogens with zero attached hydrogens (tertiary/aromatic N) is 1. The third kappa shape index (κ3) is 6.39. The van der Waals surface area contributed by atoms with E-state index in [1.54, 1.807) is 6.20 Å². The van der Waals surface area contributed by atoms with E-state index < -0.39 is 5.41 Å². The molecule has 2 aromatic heterocycles. The molecule has 0 aliphatic rings. The molecule has 0 saturated heterocycles. The van der Waals surface area contributed by atoms with Crippen molar-refractivity contribution >= 4 is 28.2 Å². The van der Waals surface area contributed by atoms with Crippen LogP contribution in [0.15, 0.2) is 54.7 Å². The predicted molar refractivity (Wildman–Crippen MR) is 123 cm³/mol. The Morgan fingerprint density at radius 1 is 1.10 bits per heavy atom. The van der Waals surface area contributed by atoms with Gasteiger partial charge in [0.25, 0.3) is 5.91 Å². The molecule has 0 aliphatic heterocycles. The van der Waals surface area contributed by atoms with Gasteiger partial charge in [-0.25, -0.2) is 0 Å². The van der Waals surface area contributed by atoms with Crippen LogP contribution in [0.25, 0.3) is 0 Å². The highest BCUT2D eigenvalue weighted by Crippen LogP contribution is 2.28. The van der Waals surface area contributed by atoms with Gasteiger partial charge in [-0.2, -0.15) is 0 Å². The van der Waals surface area contributed by atoms with Crippen molar-refractivity contribution in [1.82, 2.24) is 10.3 Å². The molecule has 0 radical (unpaired) electrons. The van der Waals surface area contributed by atoms with Gasteiger partial charge in [0.05, 0.1) is 15.6 Å². The lowest BCUT2D eigenvalue weighted by molar-refractivity contribution is -0.123. The Morgan fingerprint density at radius 2 is 1.90 bits per heavy atom. The summed E-state index contributed by atoms with van der Waals surface area (Å²) in [6, 6.07) is 15.1. The van der Waals surface area contributed by atoms with E-state index in [2.05, 4.69) is 15.6 Å². The van der Waals surface area contributed by atoms with E-state index in [9.17, 15) is 9.59 Å². The Kier molecular flexibility index (Phi) is 7.07. The van der Waals surface area contributed by atoms with Gasteiger partial charge in [-0.15, -0.1) is 11.3 Å². The first-order valence-electron chi connectivity index (χ1n) is 10.0. The monoisotopic (exact) mass is 437 g/mol. The van der Waals surface area contributed by atoms with E-state index >= 15 is 0 Å². The Balaban J connectivity index is 1.58. The maximum absolute atomic E-state index is 12.7. The van der Waals surface area contributed by atoms with E-state index in [4.69, 9.17) is 4.74 Å². The van der Waals surface area contributed by atoms with Crippen LogP contribution in [0.1, 0.15) is 47.3 Å². The average molecular weight is 438 g/mol. The van der Waals surface area contributed by atoms with Gasteiger partial charge in [0.2, 0.25) is 5.91 Å². The summed E-state index contributed by atoms with van der Waals surface area (Å²) in [6.45, 7) is 8.18. The molecule has 2 heterocycles. The van der Waals surface area contributed by atoms with Gasteiger partial charge in [0.15, 0.2) is 0 Å². The van der Waals surface area contributed by atoms with Crippen LogP contribution >= 0.6 is 11.3 Å². The Hall–Kier alpha value is -3.19. The fraction of sp³-hybridized carbons (Fsp3) is 0.292. The molecule has 0 aliphatic carbocycles. The Bertz CT molecular complexity index is 1060. The van der Waals surface area contributed by atoms with Crippen LogP contribution in [-0.2, 0) is 17.9 Å². The molecule has 7 heteroatoms. The highest BCUT2D eigenvalue weighted by atomic mass is 32.1. The number of nitrogens with one attached hydrogen (secondary N) is 2. The molecule has 3 aromatic rings. The number of aryl methyl sites for hydroxylation is 1. The zero-order valence-electron chi connectivity index (χ0n) is 18.2. The molecule has 162 valence electrons. The molecule has 0 unspecified atom stereocenters. The molecule has 3 rings (SSSR count). The number of rotatable bonds is 7. The van der Waals surface area contributed by atoms with E-state index in [0.717, 1.165) is 22.6 Å². The molecule has 2 N–H and O–H groups in total. The first-order valence-corrected chi connectivity index (χ1v) is 10.9. The number of pyridine rings is 1. The third-order valence-electron chi connectivity index (χ3n) is 4.51. The van der Waals surface area contributed by atoms with Crippen LogP contribution in [-0.4, -0.2) is 16.8 Å². The number of amides is 2. The lowest BCUT2D eigenvalue weighted by atomic mass is 9.96. The van der Waals surface area contributed by atoms with Crippen LogP contribution < -0.4 is 15.4 Å². The van der Waals surface area contributed by atoms with Gasteiger partial charge < -0.3 is 15.4 Å². The fourth-order valence-corrected chi connectivity index (χ4v) is 3.70. The molecule has 0 saturated carbocycles. The highest BCUT2D eigenvalue weighted by molar-refractivity contribution is 7.18. The van der Waals surface area contributed by atoms with Crippen LogP contribution in [0.5, 0.6) is 5.75 Å². The summed E-state index contributed by atoms with van der Waals surface area (Å²) in [7, 11) is 0. The zero-order chi connectivity index (χ0) is 22.4. The smallest absolute Gasteiger partial charge is 0.261 e. The molecule has 1 aromatic carbocycles. The number of benzene rings is 1. The molecule has 0 atom stereocenters. The minimum Gasteiger partial charge on any atom is -0.487 e. The van der Waals surface area contributed by atoms with Gasteiger partial charge in [0.1, 0.15) is 12.4 Å². The summed E-state index contributed by atoms with van der Waals surface area (Å²) in [5.74, 6) is 0.471. The molecule has 0 bridgehead atoms. The molecular formula is C24H27N3O3S. The van der Waals surface area contributed by atoms with Gasteiger partial charge in [-0.1, -0.05) is 39.0 Å². The lowest BCUT2D eigenvalue weighted by Crippen LogP contribution is -2.27. The van der Waals surface area contributed by atoms with E-state index in [-0.39, 0.29) is 11.8 Å². The number of thiophene rings is 1. The van der Waals surface area contributed by atoms with Crippen LogP contribution in [0.4, 0.5) is 5.00 Å². The Labute approximate surface area is 186 Å². The van der Waals surface area contributed by atoms with Crippen molar-refractivity contribution in [3.05, 3.63) is 76.4 Å². The summed E-state index contributed by atoms with van der Waals surface area (Å²) in [4.78, 5) is 29.7. The number of carbonyl (C=O) groups excluding carboxylic acids is 2. The quantitative estimate of drug-likeness (QED) is 0.548. The fourth-order valence-electron chi connectivity index (χ4n) is 2.72. The number of aromatic nitrogens is 1. The summed E-state index contributed by atoms with van der Waals surface area (Å²) in [6.07, 6.45) is 1.73. The van der Waals surface area contributed by atoms with Crippen molar-refractivity contribution in [2.75, 3.05) is 5.32 Å². The third-order valence-corrected chi connectivity index (χ3v) is 5.66. The van der Waals surface area contributed by atoms with Crippen molar-refractivity contribution < 1.29 is 14.3 Å². The highest BCUT2D eigenvalue weighted by Gasteiger charge is 2.23. The van der Waals surface area contributed by atoms with E-state index in [1.807, 2.05) is 76.2 Å². The van der Waals surface area contributed by atoms with Crippen molar-refractivity contribution in [3.8, 4) is 5.75 Å². The SMILES string of the molecule is Cc1cc(NC(=O)C(C)(C)C)sc1C(=O)NCc1cccc(OCc2ccccn2)c1. The molecule has 6 nitrogen and oxygen atoms in total. The maximum Gasteiger partial charge on any atom is 0.261 e. The number of carbonyl (C=O) groups is 2. The van der Waals surface area contributed by atoms with Crippen molar-refractivity contribution in [3.63, 3.8) is 0 Å². The van der Waals surface area contributed by atoms with Gasteiger partial charge >= 0.3 is 0 Å². The standard InChI is InChI=1S/C24H27N3O3S/c1-16-12-20(27-23(29)24(2,3)4)31-21(16)22(28)26-14-17-8-7-10-19(13-17)30-15-18-9-5-6-11-25-18/h5-13H,14-15H2,1-4H3,(H,26,28)(H,27,29). The van der Waals surface area contributed by atoms with Crippen LogP contribution in [0.3, 0.4) is 0 Å². The summed E-state index contributed by atoms with van der Waals surface area (Å²) in [5.41, 5.74) is 2.12. The topological polar surface area (TPSA) is 80.3 Å². The van der Waals surface area contributed by atoms with Crippen LogP contribution in [0.2, 0.25) is 0 Å². The van der Waals surface area contributed by atoms with E-state index in [0.29, 0.717) is 23.0 Å². The second-order valence-corrected chi connectivity index (χ2v) is 9.32. The molecule has 0 spiro atoms. The second kappa shape index (κ2) is 9.75. The number of ether oxygens (including phenoxy) is 1. The first-order chi connectivity index (χ1) is 14.7. The Morgan fingerprint density at radius 3 is 2.61 bits per heavy atom. The molecular weight excluding hydrogens is 410 g/mol. The largest absolute Gasteiger partial charge is 0.487 e. The summed E-state index contributed by atoms with van der Waals surface area (Å²) < 4.78 is 5.80. The van der Waals surface area contributed by atoms with E-state index in [1.165, 1.54) is 11.3 Å². The normalized spacial score (nSPS) is 11.1. The van der Waals surface area contributed by atoms with Crippen molar-refractivity contribution in [1.29, 1.82) is 0 Å².